The first-order valence-electron chi connectivity index (χ1n) is 9.64. The molecule has 0 saturated carbocycles. The second-order valence-electron chi connectivity index (χ2n) is 7.61. The number of carbonyl (C=O) groups excluding carboxylic acids is 1. The standard InChI is InChI=1S/C21H25N3O3S/c1-24(19-5-3-2-4-6-19)28(26,27)20-11-7-15(8-12-20)21(25)23-18-13-16-9-10-17(14-18)22-16/h2-8,11-12,16-18,22H,9-10,13-14H2,1H3,(H,23,25). The number of amides is 1. The van der Waals surface area contributed by atoms with Crippen LogP contribution in [0.3, 0.4) is 0 Å². The predicted octanol–water partition coefficient (Wildman–Crippen LogP) is 2.52. The molecule has 0 aliphatic carbocycles. The molecule has 2 fully saturated rings. The first-order chi connectivity index (χ1) is 13.4. The average molecular weight is 400 g/mol. The molecule has 2 unspecified atom stereocenters. The van der Waals surface area contributed by atoms with Crippen molar-refractivity contribution in [2.75, 3.05) is 11.4 Å². The summed E-state index contributed by atoms with van der Waals surface area (Å²) in [6, 6.07) is 16.2. The molecule has 2 atom stereocenters. The van der Waals surface area contributed by atoms with Crippen LogP contribution in [0.15, 0.2) is 59.5 Å². The number of piperidine rings is 1. The van der Waals surface area contributed by atoms with Crippen LogP contribution in [-0.4, -0.2) is 39.5 Å². The number of benzene rings is 2. The third-order valence-corrected chi connectivity index (χ3v) is 7.50. The van der Waals surface area contributed by atoms with Crippen LogP contribution < -0.4 is 14.9 Å². The van der Waals surface area contributed by atoms with Gasteiger partial charge in [0, 0.05) is 30.7 Å². The lowest BCUT2D eigenvalue weighted by Crippen LogP contribution is -2.48. The van der Waals surface area contributed by atoms with Crippen LogP contribution >= 0.6 is 0 Å². The highest BCUT2D eigenvalue weighted by molar-refractivity contribution is 7.92. The van der Waals surface area contributed by atoms with Crippen molar-refractivity contribution >= 4 is 21.6 Å². The van der Waals surface area contributed by atoms with Gasteiger partial charge in [-0.3, -0.25) is 9.10 Å². The summed E-state index contributed by atoms with van der Waals surface area (Å²) in [6.45, 7) is 0. The van der Waals surface area contributed by atoms with Crippen molar-refractivity contribution in [3.05, 3.63) is 60.2 Å². The molecule has 0 radical (unpaired) electrons. The van der Waals surface area contributed by atoms with Crippen molar-refractivity contribution in [1.29, 1.82) is 0 Å². The van der Waals surface area contributed by atoms with Gasteiger partial charge in [0.05, 0.1) is 10.6 Å². The molecule has 7 heteroatoms. The summed E-state index contributed by atoms with van der Waals surface area (Å²) >= 11 is 0. The SMILES string of the molecule is CN(c1ccccc1)S(=O)(=O)c1ccc(C(=O)NC2CC3CCC(C2)N3)cc1. The Labute approximate surface area is 166 Å². The molecule has 2 aliphatic heterocycles. The van der Waals surface area contributed by atoms with E-state index in [1.54, 1.807) is 36.4 Å². The normalized spacial score (nSPS) is 24.0. The van der Waals surface area contributed by atoms with Crippen LogP contribution in [0.1, 0.15) is 36.0 Å². The fraction of sp³-hybridized carbons (Fsp3) is 0.381. The summed E-state index contributed by atoms with van der Waals surface area (Å²) < 4.78 is 26.9. The van der Waals surface area contributed by atoms with E-state index in [0.717, 1.165) is 12.8 Å². The molecule has 0 aromatic heterocycles. The molecule has 148 valence electrons. The van der Waals surface area contributed by atoms with Gasteiger partial charge in [0.25, 0.3) is 15.9 Å². The van der Waals surface area contributed by atoms with Gasteiger partial charge in [-0.25, -0.2) is 8.42 Å². The minimum atomic E-state index is -3.67. The number of carbonyl (C=O) groups is 1. The van der Waals surface area contributed by atoms with Gasteiger partial charge >= 0.3 is 0 Å². The molecule has 2 saturated heterocycles. The fourth-order valence-corrected chi connectivity index (χ4v) is 5.35. The molecule has 2 aromatic rings. The lowest BCUT2D eigenvalue weighted by atomic mass is 9.99. The van der Waals surface area contributed by atoms with Gasteiger partial charge < -0.3 is 10.6 Å². The van der Waals surface area contributed by atoms with Crippen molar-refractivity contribution in [2.24, 2.45) is 0 Å². The minimum absolute atomic E-state index is 0.147. The van der Waals surface area contributed by atoms with Crippen LogP contribution in [0, 0.1) is 0 Å². The molecule has 0 spiro atoms. The summed E-state index contributed by atoms with van der Waals surface area (Å²) in [6.07, 6.45) is 4.27. The highest BCUT2D eigenvalue weighted by atomic mass is 32.2. The lowest BCUT2D eigenvalue weighted by molar-refractivity contribution is 0.0924. The Hall–Kier alpha value is -2.38. The Bertz CT molecular complexity index is 933. The summed E-state index contributed by atoms with van der Waals surface area (Å²) in [5.74, 6) is -0.147. The summed E-state index contributed by atoms with van der Waals surface area (Å²) in [5.41, 5.74) is 1.07. The maximum absolute atomic E-state index is 12.8. The Kier molecular flexibility index (Phi) is 5.12. The second kappa shape index (κ2) is 7.56. The number of anilines is 1. The fourth-order valence-electron chi connectivity index (χ4n) is 4.16. The van der Waals surface area contributed by atoms with Gasteiger partial charge in [-0.15, -0.1) is 0 Å². The van der Waals surface area contributed by atoms with Gasteiger partial charge in [-0.2, -0.15) is 0 Å². The van der Waals surface area contributed by atoms with Crippen molar-refractivity contribution < 1.29 is 13.2 Å². The van der Waals surface area contributed by atoms with Crippen molar-refractivity contribution in [2.45, 2.75) is 48.7 Å². The van der Waals surface area contributed by atoms with E-state index < -0.39 is 10.0 Å². The van der Waals surface area contributed by atoms with Gasteiger partial charge in [0.2, 0.25) is 0 Å². The van der Waals surface area contributed by atoms with Crippen LogP contribution in [-0.2, 0) is 10.0 Å². The Morgan fingerprint density at radius 2 is 1.61 bits per heavy atom. The van der Waals surface area contributed by atoms with Crippen molar-refractivity contribution in [3.8, 4) is 0 Å². The van der Waals surface area contributed by atoms with Gasteiger partial charge in [0.1, 0.15) is 0 Å². The van der Waals surface area contributed by atoms with Crippen LogP contribution in [0.4, 0.5) is 5.69 Å². The second-order valence-corrected chi connectivity index (χ2v) is 9.58. The Morgan fingerprint density at radius 3 is 2.21 bits per heavy atom. The molecule has 4 rings (SSSR count). The maximum Gasteiger partial charge on any atom is 0.264 e. The number of nitrogens with zero attached hydrogens (tertiary/aromatic N) is 1. The van der Waals surface area contributed by atoms with Gasteiger partial charge in [-0.05, 0) is 62.1 Å². The number of hydrogen-bond acceptors (Lipinski definition) is 4. The highest BCUT2D eigenvalue weighted by Crippen LogP contribution is 2.27. The van der Waals surface area contributed by atoms with Gasteiger partial charge in [-0.1, -0.05) is 18.2 Å². The van der Waals surface area contributed by atoms with Crippen molar-refractivity contribution in [3.63, 3.8) is 0 Å². The smallest absolute Gasteiger partial charge is 0.264 e. The summed E-state index contributed by atoms with van der Waals surface area (Å²) in [4.78, 5) is 12.7. The Morgan fingerprint density at radius 1 is 1.00 bits per heavy atom. The summed E-state index contributed by atoms with van der Waals surface area (Å²) in [7, 11) is -2.15. The topological polar surface area (TPSA) is 78.5 Å². The number of hydrogen-bond donors (Lipinski definition) is 2. The van der Waals surface area contributed by atoms with E-state index in [1.165, 1.54) is 36.3 Å². The average Bonchev–Trinajstić information content (AvgIpc) is 3.06. The zero-order valence-corrected chi connectivity index (χ0v) is 16.7. The molecule has 2 heterocycles. The molecule has 28 heavy (non-hydrogen) atoms. The van der Waals surface area contributed by atoms with Crippen molar-refractivity contribution in [1.82, 2.24) is 10.6 Å². The van der Waals surface area contributed by atoms with E-state index in [2.05, 4.69) is 10.6 Å². The first kappa shape index (κ1) is 19.0. The molecule has 1 amide bonds. The third kappa shape index (κ3) is 3.77. The van der Waals surface area contributed by atoms with Crippen LogP contribution in [0.2, 0.25) is 0 Å². The lowest BCUT2D eigenvalue weighted by Gasteiger charge is -2.29. The largest absolute Gasteiger partial charge is 0.349 e. The van der Waals surface area contributed by atoms with E-state index in [-0.39, 0.29) is 16.8 Å². The Balaban J connectivity index is 1.45. The zero-order valence-electron chi connectivity index (χ0n) is 15.8. The van der Waals surface area contributed by atoms with E-state index >= 15 is 0 Å². The highest BCUT2D eigenvalue weighted by Gasteiger charge is 2.34. The number of sulfonamides is 1. The zero-order chi connectivity index (χ0) is 19.7. The van der Waals surface area contributed by atoms with Gasteiger partial charge in [0.15, 0.2) is 0 Å². The number of nitrogens with one attached hydrogen (secondary N) is 2. The van der Waals surface area contributed by atoms with E-state index in [9.17, 15) is 13.2 Å². The minimum Gasteiger partial charge on any atom is -0.349 e. The predicted molar refractivity (Wildman–Crippen MR) is 109 cm³/mol. The number of para-hydroxylation sites is 1. The van der Waals surface area contributed by atoms with Crippen LogP contribution in [0.5, 0.6) is 0 Å². The molecular weight excluding hydrogens is 374 g/mol. The first-order valence-corrected chi connectivity index (χ1v) is 11.1. The molecule has 2 aliphatic rings. The number of fused-ring (bicyclic) bond motifs is 2. The van der Waals surface area contributed by atoms with Crippen LogP contribution in [0.25, 0.3) is 0 Å². The quantitative estimate of drug-likeness (QED) is 0.810. The third-order valence-electron chi connectivity index (χ3n) is 5.70. The molecule has 6 nitrogen and oxygen atoms in total. The molecule has 2 aromatic carbocycles. The van der Waals surface area contributed by atoms with E-state index in [0.29, 0.717) is 23.3 Å². The molecule has 2 N–H and O–H groups in total. The van der Waals surface area contributed by atoms with E-state index in [1.807, 2.05) is 6.07 Å². The molecular formula is C21H25N3O3S. The summed E-state index contributed by atoms with van der Waals surface area (Å²) in [5, 5.41) is 6.66. The maximum atomic E-state index is 12.8. The number of rotatable bonds is 5. The molecule has 2 bridgehead atoms. The monoisotopic (exact) mass is 399 g/mol. The van der Waals surface area contributed by atoms with E-state index in [4.69, 9.17) is 0 Å².